The molecule has 3 aromatic rings. The highest BCUT2D eigenvalue weighted by molar-refractivity contribution is 6.35. The lowest BCUT2D eigenvalue weighted by molar-refractivity contribution is 0.0216. The molecule has 1 atom stereocenters. The molecule has 0 spiro atoms. The molecular formula is C24H26ClN3O3. The SMILES string of the molecule is Cc1ccccc1-n1c(C2CCCN2C(=O)OC(C)(C)C)nc2cccc(Cl)c2c1=O. The Morgan fingerprint density at radius 2 is 1.90 bits per heavy atom. The molecule has 2 heterocycles. The number of benzene rings is 2. The Hall–Kier alpha value is -2.86. The Bertz CT molecular complexity index is 1210. The second kappa shape index (κ2) is 8.00. The number of fused-ring (bicyclic) bond motifs is 1. The van der Waals surface area contributed by atoms with Gasteiger partial charge in [0.1, 0.15) is 11.4 Å². The van der Waals surface area contributed by atoms with E-state index in [2.05, 4.69) is 0 Å². The van der Waals surface area contributed by atoms with Crippen molar-refractivity contribution in [3.63, 3.8) is 0 Å². The summed E-state index contributed by atoms with van der Waals surface area (Å²) < 4.78 is 7.24. The maximum absolute atomic E-state index is 13.7. The fraction of sp³-hybridized carbons (Fsp3) is 0.375. The highest BCUT2D eigenvalue weighted by Gasteiger charge is 2.36. The molecule has 7 heteroatoms. The van der Waals surface area contributed by atoms with E-state index in [4.69, 9.17) is 21.3 Å². The van der Waals surface area contributed by atoms with Crippen LogP contribution in [-0.2, 0) is 4.74 Å². The molecule has 1 aromatic heterocycles. The number of carbonyl (C=O) groups excluding carboxylic acids is 1. The molecule has 1 amide bonds. The van der Waals surface area contributed by atoms with Gasteiger partial charge >= 0.3 is 6.09 Å². The minimum Gasteiger partial charge on any atom is -0.444 e. The molecule has 0 bridgehead atoms. The number of nitrogens with zero attached hydrogens (tertiary/aromatic N) is 3. The van der Waals surface area contributed by atoms with E-state index in [0.29, 0.717) is 34.7 Å². The standard InChI is InChI=1S/C24H26ClN3O3/c1-15-9-5-6-12-18(15)28-21(26-17-11-7-10-16(25)20(17)22(28)29)19-13-8-14-27(19)23(30)31-24(2,3)4/h5-7,9-12,19H,8,13-14H2,1-4H3. The van der Waals surface area contributed by atoms with Crippen molar-refractivity contribution in [2.45, 2.75) is 52.2 Å². The van der Waals surface area contributed by atoms with E-state index >= 15 is 0 Å². The number of ether oxygens (including phenoxy) is 1. The summed E-state index contributed by atoms with van der Waals surface area (Å²) in [5, 5.41) is 0.734. The number of aromatic nitrogens is 2. The molecule has 31 heavy (non-hydrogen) atoms. The van der Waals surface area contributed by atoms with Crippen LogP contribution < -0.4 is 5.56 Å². The van der Waals surface area contributed by atoms with Gasteiger partial charge in [0.2, 0.25) is 0 Å². The molecule has 0 aliphatic carbocycles. The van der Waals surface area contributed by atoms with Crippen molar-refractivity contribution < 1.29 is 9.53 Å². The first-order valence-electron chi connectivity index (χ1n) is 10.4. The van der Waals surface area contributed by atoms with Gasteiger partial charge in [-0.3, -0.25) is 14.3 Å². The van der Waals surface area contributed by atoms with Crippen molar-refractivity contribution >= 4 is 28.6 Å². The number of halogens is 1. The minimum atomic E-state index is -0.607. The third-order valence-corrected chi connectivity index (χ3v) is 5.72. The fourth-order valence-electron chi connectivity index (χ4n) is 4.05. The van der Waals surface area contributed by atoms with Crippen LogP contribution in [-0.4, -0.2) is 32.7 Å². The van der Waals surface area contributed by atoms with E-state index < -0.39 is 11.7 Å². The number of hydrogen-bond donors (Lipinski definition) is 0. The Morgan fingerprint density at radius 3 is 2.61 bits per heavy atom. The van der Waals surface area contributed by atoms with Gasteiger partial charge < -0.3 is 4.74 Å². The minimum absolute atomic E-state index is 0.240. The zero-order valence-corrected chi connectivity index (χ0v) is 18.9. The van der Waals surface area contributed by atoms with E-state index in [-0.39, 0.29) is 11.6 Å². The summed E-state index contributed by atoms with van der Waals surface area (Å²) in [6, 6.07) is 12.5. The van der Waals surface area contributed by atoms with Crippen LogP contribution in [0.15, 0.2) is 47.3 Å². The average Bonchev–Trinajstić information content (AvgIpc) is 3.17. The largest absolute Gasteiger partial charge is 0.444 e. The summed E-state index contributed by atoms with van der Waals surface area (Å²) >= 11 is 6.39. The Balaban J connectivity index is 1.95. The third-order valence-electron chi connectivity index (χ3n) is 5.41. The number of likely N-dealkylation sites (tertiary alicyclic amines) is 1. The van der Waals surface area contributed by atoms with Crippen LogP contribution in [0, 0.1) is 6.92 Å². The lowest BCUT2D eigenvalue weighted by Crippen LogP contribution is -2.38. The molecule has 1 aliphatic rings. The van der Waals surface area contributed by atoms with Crippen molar-refractivity contribution in [2.75, 3.05) is 6.54 Å². The molecule has 0 radical (unpaired) electrons. The van der Waals surface area contributed by atoms with Crippen molar-refractivity contribution in [2.24, 2.45) is 0 Å². The quantitative estimate of drug-likeness (QED) is 0.534. The van der Waals surface area contributed by atoms with E-state index in [1.165, 1.54) is 0 Å². The molecule has 4 rings (SSSR count). The van der Waals surface area contributed by atoms with Gasteiger partial charge in [0.05, 0.1) is 27.7 Å². The number of rotatable bonds is 2. The van der Waals surface area contributed by atoms with Crippen LogP contribution in [0.3, 0.4) is 0 Å². The van der Waals surface area contributed by atoms with Gasteiger partial charge in [-0.1, -0.05) is 35.9 Å². The smallest absolute Gasteiger partial charge is 0.410 e. The molecule has 1 saturated heterocycles. The molecular weight excluding hydrogens is 414 g/mol. The Morgan fingerprint density at radius 1 is 1.16 bits per heavy atom. The van der Waals surface area contributed by atoms with Gasteiger partial charge in [0.25, 0.3) is 5.56 Å². The van der Waals surface area contributed by atoms with Crippen molar-refractivity contribution in [1.29, 1.82) is 0 Å². The molecule has 1 aliphatic heterocycles. The van der Waals surface area contributed by atoms with Crippen LogP contribution in [0.4, 0.5) is 4.79 Å². The third kappa shape index (κ3) is 4.04. The topological polar surface area (TPSA) is 64.4 Å². The van der Waals surface area contributed by atoms with Crippen molar-refractivity contribution in [3.8, 4) is 5.69 Å². The van der Waals surface area contributed by atoms with Gasteiger partial charge in [0.15, 0.2) is 0 Å². The van der Waals surface area contributed by atoms with Crippen LogP contribution >= 0.6 is 11.6 Å². The van der Waals surface area contributed by atoms with Gasteiger partial charge in [-0.05, 0) is 64.3 Å². The summed E-state index contributed by atoms with van der Waals surface area (Å²) in [6.45, 7) is 8.03. The zero-order valence-electron chi connectivity index (χ0n) is 18.2. The van der Waals surface area contributed by atoms with Crippen LogP contribution in [0.25, 0.3) is 16.6 Å². The van der Waals surface area contributed by atoms with E-state index in [0.717, 1.165) is 17.7 Å². The Labute approximate surface area is 186 Å². The lowest BCUT2D eigenvalue weighted by Gasteiger charge is -2.29. The maximum atomic E-state index is 13.7. The average molecular weight is 440 g/mol. The van der Waals surface area contributed by atoms with Crippen molar-refractivity contribution in [3.05, 3.63) is 69.2 Å². The van der Waals surface area contributed by atoms with Gasteiger partial charge in [-0.25, -0.2) is 9.78 Å². The maximum Gasteiger partial charge on any atom is 0.410 e. The zero-order chi connectivity index (χ0) is 22.3. The summed E-state index contributed by atoms with van der Waals surface area (Å²) in [7, 11) is 0. The molecule has 162 valence electrons. The predicted molar refractivity (Wildman–Crippen MR) is 122 cm³/mol. The van der Waals surface area contributed by atoms with E-state index in [1.807, 2.05) is 52.0 Å². The highest BCUT2D eigenvalue weighted by Crippen LogP contribution is 2.34. The number of amides is 1. The number of carbonyl (C=O) groups is 1. The van der Waals surface area contributed by atoms with Crippen LogP contribution in [0.5, 0.6) is 0 Å². The second-order valence-corrected chi connectivity index (χ2v) is 9.27. The van der Waals surface area contributed by atoms with E-state index in [9.17, 15) is 9.59 Å². The number of para-hydroxylation sites is 1. The van der Waals surface area contributed by atoms with Gasteiger partial charge in [-0.15, -0.1) is 0 Å². The molecule has 6 nitrogen and oxygen atoms in total. The lowest BCUT2D eigenvalue weighted by atomic mass is 10.1. The first-order valence-corrected chi connectivity index (χ1v) is 10.8. The first-order chi connectivity index (χ1) is 14.7. The first kappa shape index (κ1) is 21.4. The fourth-order valence-corrected chi connectivity index (χ4v) is 4.30. The van der Waals surface area contributed by atoms with Gasteiger partial charge in [0, 0.05) is 6.54 Å². The summed E-state index contributed by atoms with van der Waals surface area (Å²) in [6.07, 6.45) is 1.11. The summed E-state index contributed by atoms with van der Waals surface area (Å²) in [5.74, 6) is 0.525. The number of aryl methyl sites for hydroxylation is 1. The molecule has 1 unspecified atom stereocenters. The van der Waals surface area contributed by atoms with Gasteiger partial charge in [-0.2, -0.15) is 0 Å². The summed E-state index contributed by atoms with van der Waals surface area (Å²) in [4.78, 5) is 33.2. The normalized spacial score (nSPS) is 16.7. The second-order valence-electron chi connectivity index (χ2n) is 8.86. The molecule has 1 fully saturated rings. The number of hydrogen-bond acceptors (Lipinski definition) is 4. The summed E-state index contributed by atoms with van der Waals surface area (Å²) in [5.41, 5.74) is 1.34. The highest BCUT2D eigenvalue weighted by atomic mass is 35.5. The Kier molecular flexibility index (Phi) is 5.52. The molecule has 2 aromatic carbocycles. The predicted octanol–water partition coefficient (Wildman–Crippen LogP) is 5.42. The van der Waals surface area contributed by atoms with Crippen LogP contribution in [0.1, 0.15) is 51.0 Å². The monoisotopic (exact) mass is 439 g/mol. The molecule has 0 saturated carbocycles. The molecule has 0 N–H and O–H groups in total. The van der Waals surface area contributed by atoms with Crippen molar-refractivity contribution in [1.82, 2.24) is 14.5 Å². The van der Waals surface area contributed by atoms with E-state index in [1.54, 1.807) is 27.7 Å². The van der Waals surface area contributed by atoms with Crippen LogP contribution in [0.2, 0.25) is 5.02 Å².